The van der Waals surface area contributed by atoms with E-state index in [9.17, 15) is 24.8 Å². The molecule has 188 valence electrons. The summed E-state index contributed by atoms with van der Waals surface area (Å²) in [6, 6.07) is 12.4. The van der Waals surface area contributed by atoms with Crippen molar-refractivity contribution in [3.8, 4) is 5.75 Å². The molecule has 3 aliphatic rings. The van der Waals surface area contributed by atoms with E-state index in [-0.39, 0.29) is 25.1 Å². The first-order valence-corrected chi connectivity index (χ1v) is 11.7. The molecule has 1 saturated carbocycles. The largest absolute Gasteiger partial charge is 0.480 e. The summed E-state index contributed by atoms with van der Waals surface area (Å²) in [5, 5.41) is 20.4. The van der Waals surface area contributed by atoms with E-state index in [0.717, 1.165) is 11.3 Å². The Morgan fingerprint density at radius 1 is 1.28 bits per heavy atom. The van der Waals surface area contributed by atoms with E-state index in [0.29, 0.717) is 17.9 Å². The van der Waals surface area contributed by atoms with Crippen molar-refractivity contribution in [2.75, 3.05) is 18.1 Å². The Balaban J connectivity index is 1.38. The third-order valence-electron chi connectivity index (χ3n) is 7.66. The van der Waals surface area contributed by atoms with Gasteiger partial charge in [-0.25, -0.2) is 0 Å². The zero-order valence-electron chi connectivity index (χ0n) is 20.0. The van der Waals surface area contributed by atoms with E-state index < -0.39 is 39.5 Å². The van der Waals surface area contributed by atoms with Gasteiger partial charge in [-0.2, -0.15) is 0 Å². The molecule has 10 nitrogen and oxygen atoms in total. The molecule has 0 bridgehead atoms. The molecule has 1 fully saturated rings. The predicted octanol–water partition coefficient (Wildman–Crippen LogP) is 3.23. The third kappa shape index (κ3) is 3.51. The van der Waals surface area contributed by atoms with Gasteiger partial charge in [-0.05, 0) is 50.1 Å². The standard InChI is InChI=1S/C26H27N3O7/c1-24(2)19-5-3-4-6-20(19)28(11-12-35-22(30)14-17-15-25(17,27)23(31)32)26(24)10-9-16-13-18(29(33)34)7-8-21(16)36-26/h3-10,13,17H,11-12,14-15,27H2,1-2H3,(H,31,32)/t17-,25+,26?/m0/s1. The van der Waals surface area contributed by atoms with E-state index in [1.165, 1.54) is 12.1 Å². The normalized spacial score (nSPS) is 26.6. The van der Waals surface area contributed by atoms with Gasteiger partial charge in [0, 0.05) is 29.3 Å². The van der Waals surface area contributed by atoms with Crippen LogP contribution < -0.4 is 15.4 Å². The Bertz CT molecular complexity index is 1310. The zero-order valence-corrected chi connectivity index (χ0v) is 20.0. The van der Waals surface area contributed by atoms with E-state index in [2.05, 4.69) is 13.8 Å². The van der Waals surface area contributed by atoms with Gasteiger partial charge >= 0.3 is 11.9 Å². The molecule has 2 heterocycles. The van der Waals surface area contributed by atoms with Crippen LogP contribution in [0.25, 0.3) is 6.08 Å². The first kappa shape index (κ1) is 23.8. The number of non-ortho nitro benzene ring substituents is 1. The number of ether oxygens (including phenoxy) is 2. The summed E-state index contributed by atoms with van der Waals surface area (Å²) < 4.78 is 12.1. The van der Waals surface area contributed by atoms with Gasteiger partial charge in [0.15, 0.2) is 0 Å². The molecule has 1 aliphatic carbocycles. The molecule has 2 aromatic carbocycles. The molecule has 2 aromatic rings. The van der Waals surface area contributed by atoms with Crippen LogP contribution in [0.15, 0.2) is 48.5 Å². The average Bonchev–Trinajstić information content (AvgIpc) is 3.46. The summed E-state index contributed by atoms with van der Waals surface area (Å²) in [6.45, 7) is 4.51. The van der Waals surface area contributed by atoms with Gasteiger partial charge in [-0.1, -0.05) is 18.2 Å². The molecule has 2 aliphatic heterocycles. The Labute approximate surface area is 207 Å². The molecule has 0 saturated heterocycles. The number of anilines is 1. The first-order chi connectivity index (χ1) is 17.0. The van der Waals surface area contributed by atoms with Gasteiger partial charge in [0.1, 0.15) is 17.9 Å². The lowest BCUT2D eigenvalue weighted by Crippen LogP contribution is -2.60. The zero-order chi connectivity index (χ0) is 25.9. The number of hydrogen-bond acceptors (Lipinski definition) is 8. The van der Waals surface area contributed by atoms with Crippen LogP contribution >= 0.6 is 0 Å². The minimum absolute atomic E-state index is 0.0178. The van der Waals surface area contributed by atoms with Crippen molar-refractivity contribution in [1.29, 1.82) is 0 Å². The van der Waals surface area contributed by atoms with Crippen LogP contribution in [0, 0.1) is 16.0 Å². The molecule has 0 radical (unpaired) electrons. The number of carboxylic acid groups (broad SMARTS) is 1. The number of rotatable bonds is 7. The first-order valence-electron chi connectivity index (χ1n) is 11.7. The number of hydrogen-bond donors (Lipinski definition) is 2. The Morgan fingerprint density at radius 3 is 2.72 bits per heavy atom. The Hall–Kier alpha value is -3.92. The summed E-state index contributed by atoms with van der Waals surface area (Å²) >= 11 is 0. The summed E-state index contributed by atoms with van der Waals surface area (Å²) in [5.41, 5.74) is 5.54. The second kappa shape index (κ2) is 8.06. The number of nitrogens with two attached hydrogens (primary N) is 1. The van der Waals surface area contributed by atoms with Crippen LogP contribution in [0.5, 0.6) is 5.75 Å². The average molecular weight is 494 g/mol. The number of carbonyl (C=O) groups is 2. The molecule has 36 heavy (non-hydrogen) atoms. The van der Waals surface area contributed by atoms with Crippen LogP contribution in [-0.2, 0) is 19.7 Å². The number of carboxylic acids is 1. The number of nitrogens with zero attached hydrogens (tertiary/aromatic N) is 2. The van der Waals surface area contributed by atoms with Crippen molar-refractivity contribution in [1.82, 2.24) is 0 Å². The molecule has 1 spiro atoms. The second-order valence-corrected chi connectivity index (χ2v) is 10.1. The number of nitro benzene ring substituents is 1. The van der Waals surface area contributed by atoms with E-state index in [4.69, 9.17) is 15.2 Å². The van der Waals surface area contributed by atoms with Crippen molar-refractivity contribution < 1.29 is 29.1 Å². The number of fused-ring (bicyclic) bond motifs is 2. The number of nitro groups is 1. The lowest BCUT2D eigenvalue weighted by molar-refractivity contribution is -0.384. The SMILES string of the molecule is CC1(C)c2ccccc2N(CCOC(=O)C[C@H]2C[C@]2(N)C(=O)O)C12C=Cc1cc([N+](=O)[O-])ccc1O2. The van der Waals surface area contributed by atoms with Gasteiger partial charge < -0.3 is 25.2 Å². The molecular formula is C26H27N3O7. The van der Waals surface area contributed by atoms with Crippen molar-refractivity contribution in [2.24, 2.45) is 11.7 Å². The maximum Gasteiger partial charge on any atom is 0.323 e. The van der Waals surface area contributed by atoms with Crippen LogP contribution in [0.4, 0.5) is 11.4 Å². The van der Waals surface area contributed by atoms with Gasteiger partial charge in [0.05, 0.1) is 23.3 Å². The maximum absolute atomic E-state index is 12.4. The summed E-state index contributed by atoms with van der Waals surface area (Å²) in [5.74, 6) is -1.50. The fraction of sp³-hybridized carbons (Fsp3) is 0.385. The predicted molar refractivity (Wildman–Crippen MR) is 131 cm³/mol. The number of carbonyl (C=O) groups excluding carboxylic acids is 1. The van der Waals surface area contributed by atoms with Gasteiger partial charge in [-0.15, -0.1) is 0 Å². The fourth-order valence-corrected chi connectivity index (χ4v) is 5.37. The lowest BCUT2D eigenvalue weighted by Gasteiger charge is -2.47. The summed E-state index contributed by atoms with van der Waals surface area (Å²) in [7, 11) is 0. The fourth-order valence-electron chi connectivity index (χ4n) is 5.37. The van der Waals surface area contributed by atoms with E-state index >= 15 is 0 Å². The highest BCUT2D eigenvalue weighted by Gasteiger charge is 2.59. The van der Waals surface area contributed by atoms with Crippen molar-refractivity contribution in [2.45, 2.75) is 43.4 Å². The summed E-state index contributed by atoms with van der Waals surface area (Å²) in [6.07, 6.45) is 3.95. The lowest BCUT2D eigenvalue weighted by atomic mass is 9.76. The highest BCUT2D eigenvalue weighted by atomic mass is 16.6. The molecule has 3 N–H and O–H groups in total. The molecule has 1 unspecified atom stereocenters. The maximum atomic E-state index is 12.4. The summed E-state index contributed by atoms with van der Waals surface area (Å²) in [4.78, 5) is 36.4. The molecule has 0 amide bonds. The monoisotopic (exact) mass is 493 g/mol. The van der Waals surface area contributed by atoms with E-state index in [1.807, 2.05) is 41.3 Å². The van der Waals surface area contributed by atoms with Crippen LogP contribution in [-0.4, -0.2) is 46.4 Å². The highest BCUT2D eigenvalue weighted by Crippen LogP contribution is 2.55. The Morgan fingerprint density at radius 2 is 2.03 bits per heavy atom. The molecule has 3 atom stereocenters. The quantitative estimate of drug-likeness (QED) is 0.337. The van der Waals surface area contributed by atoms with E-state index in [1.54, 1.807) is 6.07 Å². The van der Waals surface area contributed by atoms with Gasteiger partial charge in [0.25, 0.3) is 5.69 Å². The van der Waals surface area contributed by atoms with Crippen LogP contribution in [0.2, 0.25) is 0 Å². The second-order valence-electron chi connectivity index (χ2n) is 10.1. The molecule has 10 heteroatoms. The van der Waals surface area contributed by atoms with Crippen molar-refractivity contribution in [3.63, 3.8) is 0 Å². The number of esters is 1. The van der Waals surface area contributed by atoms with Gasteiger partial charge in [-0.3, -0.25) is 19.7 Å². The van der Waals surface area contributed by atoms with Crippen molar-refractivity contribution in [3.05, 3.63) is 69.8 Å². The molecular weight excluding hydrogens is 466 g/mol. The number of benzene rings is 2. The highest BCUT2D eigenvalue weighted by molar-refractivity contribution is 5.85. The minimum Gasteiger partial charge on any atom is -0.480 e. The Kier molecular flexibility index (Phi) is 5.33. The molecule has 0 aromatic heterocycles. The third-order valence-corrected chi connectivity index (χ3v) is 7.66. The number of para-hydroxylation sites is 1. The van der Waals surface area contributed by atoms with Gasteiger partial charge in [0.2, 0.25) is 5.72 Å². The number of aliphatic carboxylic acids is 1. The van der Waals surface area contributed by atoms with Crippen LogP contribution in [0.3, 0.4) is 0 Å². The van der Waals surface area contributed by atoms with Crippen LogP contribution in [0.1, 0.15) is 37.8 Å². The smallest absolute Gasteiger partial charge is 0.323 e. The van der Waals surface area contributed by atoms with Crippen molar-refractivity contribution >= 4 is 29.4 Å². The molecule has 5 rings (SSSR count). The topological polar surface area (TPSA) is 145 Å². The minimum atomic E-state index is -1.34.